The maximum Gasteiger partial charge on any atom is 0.265 e. The number of aryl methyl sites for hydroxylation is 2. The van der Waals surface area contributed by atoms with E-state index in [0.717, 1.165) is 16.7 Å². The van der Waals surface area contributed by atoms with Gasteiger partial charge in [-0.3, -0.25) is 4.72 Å². The zero-order valence-electron chi connectivity index (χ0n) is 14.2. The Labute approximate surface area is 138 Å². The van der Waals surface area contributed by atoms with Gasteiger partial charge in [0.15, 0.2) is 0 Å². The number of hydrogen-bond donors (Lipinski definition) is 1. The lowest BCUT2D eigenvalue weighted by Gasteiger charge is -2.18. The van der Waals surface area contributed by atoms with Crippen LogP contribution in [0.5, 0.6) is 5.75 Å². The van der Waals surface area contributed by atoms with Crippen LogP contribution in [0.1, 0.15) is 36.5 Å². The fourth-order valence-electron chi connectivity index (χ4n) is 2.49. The molecule has 0 bridgehead atoms. The number of rotatable bonds is 5. The van der Waals surface area contributed by atoms with Crippen molar-refractivity contribution in [1.29, 1.82) is 0 Å². The number of benzene rings is 2. The van der Waals surface area contributed by atoms with Crippen molar-refractivity contribution >= 4 is 15.7 Å². The first-order valence-electron chi connectivity index (χ1n) is 7.53. The van der Waals surface area contributed by atoms with Crippen molar-refractivity contribution in [1.82, 2.24) is 0 Å². The lowest BCUT2D eigenvalue weighted by Crippen LogP contribution is -2.16. The summed E-state index contributed by atoms with van der Waals surface area (Å²) in [6.07, 6.45) is 0. The van der Waals surface area contributed by atoms with Crippen LogP contribution in [0.3, 0.4) is 0 Å². The average Bonchev–Trinajstić information content (AvgIpc) is 2.49. The second kappa shape index (κ2) is 6.62. The summed E-state index contributed by atoms with van der Waals surface area (Å²) >= 11 is 0. The lowest BCUT2D eigenvalue weighted by molar-refractivity contribution is 0.402. The maximum absolute atomic E-state index is 12.9. The molecule has 0 amide bonds. The third kappa shape index (κ3) is 3.67. The maximum atomic E-state index is 12.9. The van der Waals surface area contributed by atoms with Gasteiger partial charge in [-0.05, 0) is 48.6 Å². The van der Waals surface area contributed by atoms with E-state index in [1.165, 1.54) is 7.11 Å². The zero-order valence-corrected chi connectivity index (χ0v) is 15.0. The minimum absolute atomic E-state index is 0.151. The van der Waals surface area contributed by atoms with Gasteiger partial charge in [-0.15, -0.1) is 0 Å². The first-order chi connectivity index (χ1) is 10.8. The molecule has 2 aromatic rings. The van der Waals surface area contributed by atoms with Gasteiger partial charge in [-0.2, -0.15) is 0 Å². The predicted octanol–water partition coefficient (Wildman–Crippen LogP) is 4.24. The first kappa shape index (κ1) is 17.3. The second-order valence-electron chi connectivity index (χ2n) is 5.95. The molecule has 0 fully saturated rings. The van der Waals surface area contributed by atoms with E-state index in [2.05, 4.69) is 4.72 Å². The summed E-state index contributed by atoms with van der Waals surface area (Å²) in [5.41, 5.74) is 3.37. The molecule has 124 valence electrons. The minimum Gasteiger partial charge on any atom is -0.495 e. The number of hydrogen-bond acceptors (Lipinski definition) is 3. The first-order valence-corrected chi connectivity index (χ1v) is 9.01. The molecule has 0 saturated heterocycles. The number of methoxy groups -OCH3 is 1. The van der Waals surface area contributed by atoms with Gasteiger partial charge in [0.1, 0.15) is 10.6 Å². The molecule has 0 heterocycles. The Kier molecular flexibility index (Phi) is 5.00. The summed E-state index contributed by atoms with van der Waals surface area (Å²) < 4.78 is 33.7. The van der Waals surface area contributed by atoms with Crippen LogP contribution in [-0.2, 0) is 10.0 Å². The molecule has 4 nitrogen and oxygen atoms in total. The van der Waals surface area contributed by atoms with Gasteiger partial charge in [0.2, 0.25) is 0 Å². The molecule has 0 aliphatic rings. The minimum atomic E-state index is -3.73. The van der Waals surface area contributed by atoms with E-state index >= 15 is 0 Å². The molecular formula is C18H23NO3S. The van der Waals surface area contributed by atoms with Crippen LogP contribution in [0.4, 0.5) is 5.69 Å². The highest BCUT2D eigenvalue weighted by Crippen LogP contribution is 2.32. The molecule has 0 unspecified atom stereocenters. The van der Waals surface area contributed by atoms with Gasteiger partial charge in [0, 0.05) is 0 Å². The van der Waals surface area contributed by atoms with Crippen molar-refractivity contribution in [2.24, 2.45) is 0 Å². The quantitative estimate of drug-likeness (QED) is 0.890. The highest BCUT2D eigenvalue weighted by atomic mass is 32.2. The van der Waals surface area contributed by atoms with E-state index in [0.29, 0.717) is 11.4 Å². The zero-order chi connectivity index (χ0) is 17.2. The molecule has 0 saturated carbocycles. The van der Waals surface area contributed by atoms with Gasteiger partial charge >= 0.3 is 0 Å². The lowest BCUT2D eigenvalue weighted by atomic mass is 9.99. The molecule has 2 rings (SSSR count). The van der Waals surface area contributed by atoms with E-state index < -0.39 is 10.0 Å². The third-order valence-corrected chi connectivity index (χ3v) is 5.14. The highest BCUT2D eigenvalue weighted by Gasteiger charge is 2.22. The van der Waals surface area contributed by atoms with E-state index in [1.807, 2.05) is 52.0 Å². The second-order valence-corrected chi connectivity index (χ2v) is 7.60. The summed E-state index contributed by atoms with van der Waals surface area (Å²) in [7, 11) is -2.26. The van der Waals surface area contributed by atoms with E-state index in [9.17, 15) is 8.42 Å². The van der Waals surface area contributed by atoms with E-state index in [-0.39, 0.29) is 10.8 Å². The number of nitrogens with one attached hydrogen (secondary N) is 1. The van der Waals surface area contributed by atoms with E-state index in [1.54, 1.807) is 12.1 Å². The van der Waals surface area contributed by atoms with Crippen LogP contribution in [0.25, 0.3) is 0 Å². The summed E-state index contributed by atoms with van der Waals surface area (Å²) in [4.78, 5) is 0.151. The monoisotopic (exact) mass is 333 g/mol. The summed E-state index contributed by atoms with van der Waals surface area (Å²) in [6.45, 7) is 7.84. The Morgan fingerprint density at radius 3 is 2.39 bits per heavy atom. The molecule has 0 radical (unpaired) electrons. The molecule has 0 atom stereocenters. The van der Waals surface area contributed by atoms with Crippen LogP contribution in [0.2, 0.25) is 0 Å². The van der Waals surface area contributed by atoms with Crippen molar-refractivity contribution in [2.45, 2.75) is 38.5 Å². The Bertz CT molecular complexity index is 811. The fourth-order valence-corrected chi connectivity index (χ4v) is 3.91. The number of para-hydroxylation sites is 1. The smallest absolute Gasteiger partial charge is 0.265 e. The van der Waals surface area contributed by atoms with Crippen molar-refractivity contribution in [3.63, 3.8) is 0 Å². The number of sulfonamides is 1. The van der Waals surface area contributed by atoms with Crippen LogP contribution < -0.4 is 9.46 Å². The number of ether oxygens (including phenoxy) is 1. The third-order valence-electron chi connectivity index (χ3n) is 3.77. The molecule has 0 aromatic heterocycles. The van der Waals surface area contributed by atoms with Gasteiger partial charge in [0.25, 0.3) is 10.0 Å². The molecule has 0 spiro atoms. The van der Waals surface area contributed by atoms with Crippen molar-refractivity contribution in [3.8, 4) is 5.75 Å². The predicted molar refractivity (Wildman–Crippen MR) is 93.8 cm³/mol. The Balaban J connectivity index is 2.54. The normalized spacial score (nSPS) is 11.6. The summed E-state index contributed by atoms with van der Waals surface area (Å²) in [5, 5.41) is 0. The topological polar surface area (TPSA) is 55.4 Å². The highest BCUT2D eigenvalue weighted by molar-refractivity contribution is 7.92. The molecule has 5 heteroatoms. The molecule has 23 heavy (non-hydrogen) atoms. The van der Waals surface area contributed by atoms with Crippen LogP contribution >= 0.6 is 0 Å². The molecular weight excluding hydrogens is 310 g/mol. The molecule has 0 aliphatic heterocycles. The molecule has 2 aromatic carbocycles. The van der Waals surface area contributed by atoms with Crippen LogP contribution in [0.15, 0.2) is 41.3 Å². The Morgan fingerprint density at radius 2 is 1.78 bits per heavy atom. The molecule has 0 aliphatic carbocycles. The fraction of sp³-hybridized carbons (Fsp3) is 0.333. The Morgan fingerprint density at radius 1 is 1.09 bits per heavy atom. The van der Waals surface area contributed by atoms with Crippen molar-refractivity contribution in [2.75, 3.05) is 11.8 Å². The van der Waals surface area contributed by atoms with Gasteiger partial charge in [-0.1, -0.05) is 38.1 Å². The van der Waals surface area contributed by atoms with Crippen LogP contribution in [-0.4, -0.2) is 15.5 Å². The number of anilines is 1. The Hall–Kier alpha value is -2.01. The standard InChI is InChI=1S/C18H23NO3S/c1-12(2)15-8-6-7-14(4)18(15)19-23(20,21)17-11-13(3)9-10-16(17)22-5/h6-12,19H,1-5H3. The van der Waals surface area contributed by atoms with Crippen molar-refractivity contribution in [3.05, 3.63) is 53.1 Å². The van der Waals surface area contributed by atoms with Gasteiger partial charge in [-0.25, -0.2) is 8.42 Å². The summed E-state index contributed by atoms with van der Waals surface area (Å²) in [6, 6.07) is 10.9. The summed E-state index contributed by atoms with van der Waals surface area (Å²) in [5.74, 6) is 0.551. The average molecular weight is 333 g/mol. The van der Waals surface area contributed by atoms with E-state index in [4.69, 9.17) is 4.74 Å². The van der Waals surface area contributed by atoms with Crippen LogP contribution in [0, 0.1) is 13.8 Å². The SMILES string of the molecule is COc1ccc(C)cc1S(=O)(=O)Nc1c(C)cccc1C(C)C. The van der Waals surface area contributed by atoms with Gasteiger partial charge < -0.3 is 4.74 Å². The van der Waals surface area contributed by atoms with Gasteiger partial charge in [0.05, 0.1) is 12.8 Å². The largest absolute Gasteiger partial charge is 0.495 e. The molecule has 1 N–H and O–H groups in total. The van der Waals surface area contributed by atoms with Crippen molar-refractivity contribution < 1.29 is 13.2 Å².